The van der Waals surface area contributed by atoms with Crippen molar-refractivity contribution in [2.75, 3.05) is 13.1 Å². The van der Waals surface area contributed by atoms with Gasteiger partial charge in [0.05, 0.1) is 11.9 Å². The lowest BCUT2D eigenvalue weighted by Gasteiger charge is -2.42. The van der Waals surface area contributed by atoms with Crippen LogP contribution in [-0.2, 0) is 12.1 Å². The smallest absolute Gasteiger partial charge is 0.117 e. The molecule has 0 bridgehead atoms. The molecule has 4 aromatic rings. The first-order chi connectivity index (χ1) is 15.7. The number of hydrogen-bond donors (Lipinski definition) is 2. The lowest BCUT2D eigenvalue weighted by atomic mass is 9.72. The predicted molar refractivity (Wildman–Crippen MR) is 128 cm³/mol. The Hall–Kier alpha value is -3.21. The Morgan fingerprint density at radius 2 is 1.34 bits per heavy atom. The molecule has 0 saturated carbocycles. The maximum Gasteiger partial charge on any atom is 0.117 e. The summed E-state index contributed by atoms with van der Waals surface area (Å²) in [4.78, 5) is 2.48. The molecule has 0 aliphatic carbocycles. The van der Waals surface area contributed by atoms with Crippen molar-refractivity contribution < 1.29 is 5.11 Å². The molecule has 1 aliphatic heterocycles. The Bertz CT molecular complexity index is 1080. The molecule has 32 heavy (non-hydrogen) atoms. The van der Waals surface area contributed by atoms with Crippen LogP contribution in [0.2, 0.25) is 0 Å². The minimum atomic E-state index is -0.973. The number of benzene rings is 3. The molecule has 1 saturated heterocycles. The number of aliphatic hydroxyl groups is 1. The fourth-order valence-corrected chi connectivity index (χ4v) is 5.06. The van der Waals surface area contributed by atoms with Crippen LogP contribution in [0.5, 0.6) is 0 Å². The van der Waals surface area contributed by atoms with Crippen molar-refractivity contribution >= 4 is 0 Å². The molecule has 1 fully saturated rings. The molecule has 2 heterocycles. The standard InChI is InChI=1S/C28H29N3O/c32-28(24-12-6-2-7-13-24,25-14-8-3-9-15-25)26-16-18-31(19-17-26)21-23-20-29-30-27(23)22-10-4-1-5-11-22/h1-15,20,26,32H,16-19,21H2,(H,29,30). The SMILES string of the molecule is OC(c1ccccc1)(c1ccccc1)C1CCN(Cc2cn[nH]c2-c2ccccc2)CC1. The lowest BCUT2D eigenvalue weighted by molar-refractivity contribution is -0.0152. The maximum atomic E-state index is 12.1. The molecule has 4 heteroatoms. The summed E-state index contributed by atoms with van der Waals surface area (Å²) in [6, 6.07) is 30.7. The van der Waals surface area contributed by atoms with Crippen molar-refractivity contribution in [1.29, 1.82) is 0 Å². The number of piperidine rings is 1. The summed E-state index contributed by atoms with van der Waals surface area (Å²) in [6.45, 7) is 2.76. The van der Waals surface area contributed by atoms with E-state index in [1.165, 1.54) is 5.56 Å². The molecule has 0 unspecified atom stereocenters. The van der Waals surface area contributed by atoms with Gasteiger partial charge < -0.3 is 5.11 Å². The van der Waals surface area contributed by atoms with Gasteiger partial charge >= 0.3 is 0 Å². The Morgan fingerprint density at radius 1 is 0.812 bits per heavy atom. The molecule has 1 aromatic heterocycles. The van der Waals surface area contributed by atoms with Crippen molar-refractivity contribution in [3.63, 3.8) is 0 Å². The lowest BCUT2D eigenvalue weighted by Crippen LogP contribution is -2.44. The van der Waals surface area contributed by atoms with E-state index in [9.17, 15) is 5.11 Å². The number of likely N-dealkylation sites (tertiary alicyclic amines) is 1. The van der Waals surface area contributed by atoms with Gasteiger partial charge in [-0.05, 0) is 48.5 Å². The van der Waals surface area contributed by atoms with Crippen LogP contribution in [0.15, 0.2) is 97.2 Å². The number of nitrogens with one attached hydrogen (secondary N) is 1. The first-order valence-electron chi connectivity index (χ1n) is 11.4. The van der Waals surface area contributed by atoms with E-state index in [-0.39, 0.29) is 5.92 Å². The van der Waals surface area contributed by atoms with Gasteiger partial charge in [-0.3, -0.25) is 10.00 Å². The van der Waals surface area contributed by atoms with Crippen LogP contribution >= 0.6 is 0 Å². The molecule has 2 N–H and O–H groups in total. The zero-order valence-electron chi connectivity index (χ0n) is 18.2. The van der Waals surface area contributed by atoms with Gasteiger partial charge in [-0.15, -0.1) is 0 Å². The van der Waals surface area contributed by atoms with E-state index in [4.69, 9.17) is 0 Å². The van der Waals surface area contributed by atoms with Crippen LogP contribution in [0.3, 0.4) is 0 Å². The number of H-pyrrole nitrogens is 1. The summed E-state index contributed by atoms with van der Waals surface area (Å²) in [7, 11) is 0. The molecule has 1 aliphatic rings. The molecule has 5 rings (SSSR count). The average Bonchev–Trinajstić information content (AvgIpc) is 3.34. The van der Waals surface area contributed by atoms with E-state index in [0.717, 1.165) is 54.9 Å². The van der Waals surface area contributed by atoms with E-state index >= 15 is 0 Å². The van der Waals surface area contributed by atoms with Crippen molar-refractivity contribution in [3.8, 4) is 11.3 Å². The van der Waals surface area contributed by atoms with Gasteiger partial charge in [0.1, 0.15) is 5.60 Å². The number of rotatable bonds is 6. The van der Waals surface area contributed by atoms with E-state index < -0.39 is 5.60 Å². The average molecular weight is 424 g/mol. The highest BCUT2D eigenvalue weighted by molar-refractivity contribution is 5.62. The van der Waals surface area contributed by atoms with Crippen LogP contribution in [0.25, 0.3) is 11.3 Å². The summed E-state index contributed by atoms with van der Waals surface area (Å²) >= 11 is 0. The van der Waals surface area contributed by atoms with Crippen LogP contribution in [0, 0.1) is 5.92 Å². The van der Waals surface area contributed by atoms with Crippen LogP contribution in [0.1, 0.15) is 29.5 Å². The zero-order valence-corrected chi connectivity index (χ0v) is 18.2. The van der Waals surface area contributed by atoms with Gasteiger partial charge in [0, 0.05) is 12.1 Å². The highest BCUT2D eigenvalue weighted by Gasteiger charge is 2.41. The monoisotopic (exact) mass is 423 g/mol. The third-order valence-corrected chi connectivity index (χ3v) is 6.78. The molecule has 4 nitrogen and oxygen atoms in total. The Labute approximate surface area is 189 Å². The molecule has 0 spiro atoms. The molecular weight excluding hydrogens is 394 g/mol. The quantitative estimate of drug-likeness (QED) is 0.447. The second kappa shape index (κ2) is 9.11. The van der Waals surface area contributed by atoms with Crippen LogP contribution < -0.4 is 0 Å². The largest absolute Gasteiger partial charge is 0.380 e. The van der Waals surface area contributed by atoms with Gasteiger partial charge in [0.2, 0.25) is 0 Å². The fraction of sp³-hybridized carbons (Fsp3) is 0.250. The number of aromatic nitrogens is 2. The normalized spacial score (nSPS) is 15.7. The maximum absolute atomic E-state index is 12.1. The Morgan fingerprint density at radius 3 is 1.91 bits per heavy atom. The topological polar surface area (TPSA) is 52.1 Å². The molecule has 162 valence electrons. The van der Waals surface area contributed by atoms with E-state index in [2.05, 4.69) is 63.6 Å². The fourth-order valence-electron chi connectivity index (χ4n) is 5.06. The van der Waals surface area contributed by atoms with Gasteiger partial charge in [-0.2, -0.15) is 5.10 Å². The molecular formula is C28H29N3O. The zero-order chi connectivity index (χ0) is 21.8. The van der Waals surface area contributed by atoms with Crippen molar-refractivity contribution in [2.24, 2.45) is 5.92 Å². The summed E-state index contributed by atoms with van der Waals surface area (Å²) in [6.07, 6.45) is 3.83. The minimum Gasteiger partial charge on any atom is -0.380 e. The van der Waals surface area contributed by atoms with Gasteiger partial charge in [0.25, 0.3) is 0 Å². The second-order valence-corrected chi connectivity index (χ2v) is 8.69. The van der Waals surface area contributed by atoms with Gasteiger partial charge in [-0.1, -0.05) is 91.0 Å². The van der Waals surface area contributed by atoms with Crippen molar-refractivity contribution in [2.45, 2.75) is 25.0 Å². The third-order valence-electron chi connectivity index (χ3n) is 6.78. The van der Waals surface area contributed by atoms with Crippen LogP contribution in [-0.4, -0.2) is 33.3 Å². The second-order valence-electron chi connectivity index (χ2n) is 8.69. The number of nitrogens with zero attached hydrogens (tertiary/aromatic N) is 2. The molecule has 3 aromatic carbocycles. The molecule has 0 amide bonds. The van der Waals surface area contributed by atoms with Gasteiger partial charge in [0.15, 0.2) is 0 Å². The highest BCUT2D eigenvalue weighted by Crippen LogP contribution is 2.42. The molecule has 0 atom stereocenters. The Kier molecular flexibility index (Phi) is 5.89. The Balaban J connectivity index is 1.33. The summed E-state index contributed by atoms with van der Waals surface area (Å²) in [5.74, 6) is 0.168. The van der Waals surface area contributed by atoms with E-state index in [1.54, 1.807) is 0 Å². The number of aromatic amines is 1. The van der Waals surface area contributed by atoms with Gasteiger partial charge in [-0.25, -0.2) is 0 Å². The first-order valence-corrected chi connectivity index (χ1v) is 11.4. The van der Waals surface area contributed by atoms with Crippen LogP contribution in [0.4, 0.5) is 0 Å². The minimum absolute atomic E-state index is 0.168. The number of hydrogen-bond acceptors (Lipinski definition) is 3. The summed E-state index contributed by atoms with van der Waals surface area (Å²) < 4.78 is 0. The van der Waals surface area contributed by atoms with E-state index in [1.807, 2.05) is 48.7 Å². The summed E-state index contributed by atoms with van der Waals surface area (Å²) in [5, 5.41) is 19.6. The summed E-state index contributed by atoms with van der Waals surface area (Å²) in [5.41, 5.74) is 4.46. The first kappa shape index (κ1) is 20.7. The van der Waals surface area contributed by atoms with E-state index in [0.29, 0.717) is 0 Å². The van der Waals surface area contributed by atoms with Crippen molar-refractivity contribution in [3.05, 3.63) is 114 Å². The van der Waals surface area contributed by atoms with Crippen molar-refractivity contribution in [1.82, 2.24) is 15.1 Å². The molecule has 0 radical (unpaired) electrons. The third kappa shape index (κ3) is 3.99. The highest BCUT2D eigenvalue weighted by atomic mass is 16.3. The predicted octanol–water partition coefficient (Wildman–Crippen LogP) is 5.22.